The van der Waals surface area contributed by atoms with Crippen LogP contribution in [-0.2, 0) is 66.6 Å². The number of aliphatic hydroxyl groups excluding tert-OH is 11. The summed E-state index contributed by atoms with van der Waals surface area (Å²) < 4.78 is 51.1. The third-order valence-corrected chi connectivity index (χ3v) is 26.3. The molecule has 0 aromatic heterocycles. The fourth-order valence-electron chi connectivity index (χ4n) is 15.4. The quantitative estimate of drug-likeness (QED) is 0.0114. The molecular formula is C92H126O26P2. The summed E-state index contributed by atoms with van der Waals surface area (Å²) in [5, 5.41) is 123. The molecular weight excluding hydrogens is 1580 g/mol. The Hall–Kier alpha value is -8.24. The lowest BCUT2D eigenvalue weighted by Crippen LogP contribution is -2.22. The molecule has 120 heavy (non-hydrogen) atoms. The molecule has 3 heterocycles. The summed E-state index contributed by atoms with van der Waals surface area (Å²) in [6, 6.07) is 18.0. The van der Waals surface area contributed by atoms with Crippen molar-refractivity contribution < 1.29 is 128 Å². The highest BCUT2D eigenvalue weighted by Crippen LogP contribution is 2.55. The van der Waals surface area contributed by atoms with E-state index < -0.39 is 88.2 Å². The Morgan fingerprint density at radius 2 is 0.867 bits per heavy atom. The van der Waals surface area contributed by atoms with E-state index in [9.17, 15) is 68.5 Å². The lowest BCUT2D eigenvalue weighted by atomic mass is 9.86. The average molecular weight is 1710 g/mol. The summed E-state index contributed by atoms with van der Waals surface area (Å²) in [6.07, 6.45) is 13.0. The van der Waals surface area contributed by atoms with Gasteiger partial charge in [-0.05, 0) is 101 Å². The van der Waals surface area contributed by atoms with Gasteiger partial charge in [0.1, 0.15) is 67.5 Å². The SMILES string of the molecule is CC#CC[C@@H](C)C(=O)CP(=O)(CO)CO.CC#CC[C@@H](C)[C@H](O)/C=C/[C@@H]1[C@H]2c3cccc(CCCC(=O)O)c3O[C@H]2C[C@H]1O.CC#CC[C@H](C)C(=O)CP(=O)(CO)CO.CC#CC[C@H](C)[C@H](O)/C=C/[C@@H]1[C@H]2c3cccc(CCCC(=O)O)c3O[C@H]2C[C@H]1O.CC(=O)O[C@H]1C=C[C@H](O)C1.COC(=O)CCCc1cccc2c1O[C@H]1C[C@@H](O)[C@H](CO)[C@@H]21. The Kier molecular flexibility index (Phi) is 44.0. The number of aliphatic carboxylic acids is 2. The van der Waals surface area contributed by atoms with E-state index in [-0.39, 0.29) is 139 Å². The number of hydrogen-bond donors (Lipinski definition) is 13. The van der Waals surface area contributed by atoms with Crippen molar-refractivity contribution in [3.63, 3.8) is 0 Å². The van der Waals surface area contributed by atoms with E-state index in [0.717, 1.165) is 57.1 Å². The molecule has 0 spiro atoms. The van der Waals surface area contributed by atoms with Gasteiger partial charge in [0.2, 0.25) is 0 Å². The number of fused-ring (bicyclic) bond motifs is 9. The highest BCUT2D eigenvalue weighted by molar-refractivity contribution is 7.64. The van der Waals surface area contributed by atoms with Crippen LogP contribution >= 0.6 is 14.3 Å². The molecule has 3 aromatic carbocycles. The van der Waals surface area contributed by atoms with E-state index in [4.69, 9.17) is 54.7 Å². The maximum Gasteiger partial charge on any atom is 0.305 e. The van der Waals surface area contributed by atoms with Crippen molar-refractivity contribution in [3.05, 3.63) is 124 Å². The number of methoxy groups -OCH3 is 1. The van der Waals surface area contributed by atoms with E-state index in [2.05, 4.69) is 52.1 Å². The standard InChI is InChI=1S/2C24H30O5.C17H22O5.2C10H17O4P.C7H10O3/c2*1-3-4-7-15(2)19(25)13-12-17-20(26)14-21-23(17)18-10-5-8-16(24(18)29-21)9-6-11-22(27)28;1-21-15(20)7-3-5-10-4-2-6-11-16-12(9-18)13(19)8-14(16)22-17(10)11;2*1-3-4-5-9(2)10(13)6-15(14,7-11)8-12;1-5(8)10-7-3-2-6(9)4-7/h2*5,8,10,12-13,15,17,19-21,23,25-26H,6-7,9,11,14H2,1-2H3,(H,27,28);2,4,6,12-14,16,18-19H,3,5,7-9H2,1H3;2*9,11-12H,5-8H2,1-2H3;2-3,6-7,9H,4H2,1H3/b2*13-12+;;;;/t15-,17+,19-,20-,21+,23+;15-,17-,19+,20+,21-,23-;12-,13+,14-,16+;2*9-;6-,7-/m100100/s1. The summed E-state index contributed by atoms with van der Waals surface area (Å²) in [5.41, 5.74) is 6.38. The van der Waals surface area contributed by atoms with E-state index in [0.29, 0.717) is 89.9 Å². The fraction of sp³-hybridized carbons (Fsp3) is 0.587. The maximum atomic E-state index is 11.6. The van der Waals surface area contributed by atoms with Crippen molar-refractivity contribution >= 4 is 49.7 Å². The number of benzene rings is 3. The first kappa shape index (κ1) is 102. The number of carboxylic acids is 2. The predicted octanol–water partition coefficient (Wildman–Crippen LogP) is 9.95. The van der Waals surface area contributed by atoms with Gasteiger partial charge in [0, 0.05) is 148 Å². The van der Waals surface area contributed by atoms with E-state index in [1.54, 1.807) is 65.8 Å². The molecule has 28 heteroatoms. The number of para-hydroxylation sites is 3. The fourth-order valence-corrected chi connectivity index (χ4v) is 17.8. The minimum absolute atomic E-state index is 0.0287. The number of carbonyl (C=O) groups is 6. The van der Waals surface area contributed by atoms with Crippen molar-refractivity contribution in [1.82, 2.24) is 0 Å². The number of ketones is 2. The highest BCUT2D eigenvalue weighted by Gasteiger charge is 2.52. The van der Waals surface area contributed by atoms with E-state index in [1.165, 1.54) is 14.0 Å². The van der Waals surface area contributed by atoms with Gasteiger partial charge in [0.15, 0.2) is 0 Å². The van der Waals surface area contributed by atoms with Crippen molar-refractivity contribution in [2.24, 2.45) is 41.4 Å². The van der Waals surface area contributed by atoms with Gasteiger partial charge in [-0.2, -0.15) is 0 Å². The van der Waals surface area contributed by atoms with Crippen molar-refractivity contribution in [2.75, 3.05) is 51.4 Å². The topological polar surface area (TPSA) is 446 Å². The molecule has 13 N–H and O–H groups in total. The Morgan fingerprint density at radius 3 is 1.20 bits per heavy atom. The first-order chi connectivity index (χ1) is 57.1. The van der Waals surface area contributed by atoms with Crippen LogP contribution in [0.15, 0.2) is 91.1 Å². The second-order valence-corrected chi connectivity index (χ2v) is 37.7. The molecule has 0 radical (unpaired) electrons. The number of rotatable bonds is 34. The number of hydrogen-bond acceptors (Lipinski definition) is 24. The van der Waals surface area contributed by atoms with Crippen LogP contribution in [0.4, 0.5) is 0 Å². The maximum absolute atomic E-state index is 11.6. The Balaban J connectivity index is 0.000000265. The number of Topliss-reactive ketones (excluding diaryl/α,β-unsaturated/α-hetero) is 2. The molecule has 7 aliphatic rings. The Bertz CT molecular complexity index is 4090. The van der Waals surface area contributed by atoms with Crippen LogP contribution in [0, 0.1) is 88.8 Å². The van der Waals surface area contributed by atoms with Gasteiger partial charge in [-0.3, -0.25) is 28.8 Å². The van der Waals surface area contributed by atoms with E-state index in [1.807, 2.05) is 80.6 Å². The molecule has 3 fully saturated rings. The van der Waals surface area contributed by atoms with Crippen LogP contribution in [0.3, 0.4) is 0 Å². The van der Waals surface area contributed by atoms with Crippen LogP contribution in [0.25, 0.3) is 0 Å². The molecule has 0 unspecified atom stereocenters. The Morgan fingerprint density at radius 1 is 0.508 bits per heavy atom. The highest BCUT2D eigenvalue weighted by atomic mass is 31.2. The van der Waals surface area contributed by atoms with Gasteiger partial charge in [0.05, 0.1) is 81.4 Å². The average Bonchev–Trinajstić information content (AvgIpc) is 1.61. The van der Waals surface area contributed by atoms with Gasteiger partial charge in [-0.1, -0.05) is 113 Å². The molecule has 0 amide bonds. The molecule has 0 bridgehead atoms. The molecule has 10 rings (SSSR count). The smallest absolute Gasteiger partial charge is 0.305 e. The number of aliphatic hydroxyl groups is 11. The summed E-state index contributed by atoms with van der Waals surface area (Å²) in [4.78, 5) is 66.2. The first-order valence-electron chi connectivity index (χ1n) is 41.1. The van der Waals surface area contributed by atoms with E-state index >= 15 is 0 Å². The third-order valence-electron chi connectivity index (χ3n) is 22.5. The second kappa shape index (κ2) is 51.6. The number of carbonyl (C=O) groups excluding carboxylic acids is 4. The molecule has 3 saturated carbocycles. The Labute approximate surface area is 706 Å². The largest absolute Gasteiger partial charge is 0.489 e. The van der Waals surface area contributed by atoms with Crippen molar-refractivity contribution in [1.29, 1.82) is 0 Å². The van der Waals surface area contributed by atoms with Crippen LogP contribution in [0.2, 0.25) is 0 Å². The lowest BCUT2D eigenvalue weighted by Gasteiger charge is -2.19. The second-order valence-electron chi connectivity index (χ2n) is 31.7. The summed E-state index contributed by atoms with van der Waals surface area (Å²) >= 11 is 0. The molecule has 3 aliphatic heterocycles. The van der Waals surface area contributed by atoms with Gasteiger partial charge in [-0.25, -0.2) is 0 Å². The first-order valence-corrected chi connectivity index (χ1v) is 45.7. The summed E-state index contributed by atoms with van der Waals surface area (Å²) in [6.45, 7) is 15.6. The van der Waals surface area contributed by atoms with Crippen LogP contribution < -0.4 is 14.2 Å². The molecule has 4 aliphatic carbocycles. The van der Waals surface area contributed by atoms with Crippen molar-refractivity contribution in [3.8, 4) is 64.6 Å². The number of aryl methyl sites for hydroxylation is 3. The number of carboxylic acid groups (broad SMARTS) is 2. The minimum Gasteiger partial charge on any atom is -0.489 e. The number of ether oxygens (including phenoxy) is 5. The predicted molar refractivity (Wildman–Crippen MR) is 454 cm³/mol. The minimum atomic E-state index is -3.11. The van der Waals surface area contributed by atoms with Gasteiger partial charge >= 0.3 is 23.9 Å². The summed E-state index contributed by atoms with van der Waals surface area (Å²) in [5.74, 6) is 21.9. The summed E-state index contributed by atoms with van der Waals surface area (Å²) in [7, 11) is -4.82. The van der Waals surface area contributed by atoms with Crippen molar-refractivity contribution in [2.45, 2.75) is 250 Å². The third kappa shape index (κ3) is 31.0. The number of esters is 2. The zero-order chi connectivity index (χ0) is 89.0. The van der Waals surface area contributed by atoms with Crippen LogP contribution in [0.5, 0.6) is 17.2 Å². The molecule has 20 atom stereocenters. The van der Waals surface area contributed by atoms with Gasteiger partial charge < -0.3 is 99.2 Å². The van der Waals surface area contributed by atoms with Crippen LogP contribution in [-0.4, -0.2) is 214 Å². The molecule has 0 saturated heterocycles. The monoisotopic (exact) mass is 1710 g/mol. The molecule has 26 nitrogen and oxygen atoms in total. The molecule has 3 aromatic rings. The normalized spacial score (nSPS) is 24.0. The zero-order valence-corrected chi connectivity index (χ0v) is 72.5. The van der Waals surface area contributed by atoms with Gasteiger partial charge in [0.25, 0.3) is 0 Å². The van der Waals surface area contributed by atoms with Gasteiger partial charge in [-0.15, -0.1) is 47.4 Å². The zero-order valence-electron chi connectivity index (χ0n) is 70.7. The van der Waals surface area contributed by atoms with Crippen LogP contribution in [0.1, 0.15) is 203 Å². The lowest BCUT2D eigenvalue weighted by molar-refractivity contribution is -0.144. The molecule has 660 valence electrons.